The summed E-state index contributed by atoms with van der Waals surface area (Å²) in [5, 5.41) is 0. The van der Waals surface area contributed by atoms with Crippen molar-refractivity contribution in [3.05, 3.63) is 94.3 Å². The number of rotatable bonds is 4. The van der Waals surface area contributed by atoms with Gasteiger partial charge in [-0.3, -0.25) is 0 Å². The fourth-order valence-corrected chi connectivity index (χ4v) is 3.07. The molecule has 0 unspecified atom stereocenters. The van der Waals surface area contributed by atoms with Crippen molar-refractivity contribution in [2.24, 2.45) is 0 Å². The lowest BCUT2D eigenvalue weighted by atomic mass is 10.0. The van der Waals surface area contributed by atoms with Crippen molar-refractivity contribution in [3.8, 4) is 23.0 Å². The minimum atomic E-state index is -0.919. The van der Waals surface area contributed by atoms with E-state index in [1.807, 2.05) is 6.07 Å². The van der Waals surface area contributed by atoms with Gasteiger partial charge in [-0.1, -0.05) is 62.4 Å². The molecule has 0 spiro atoms. The molecular formula is C25H21F3. The molecule has 0 heterocycles. The molecule has 28 heavy (non-hydrogen) atoms. The van der Waals surface area contributed by atoms with Crippen molar-refractivity contribution in [1.29, 1.82) is 0 Å². The van der Waals surface area contributed by atoms with Crippen LogP contribution in [-0.2, 0) is 12.8 Å². The van der Waals surface area contributed by atoms with Gasteiger partial charge in [0.25, 0.3) is 0 Å². The molecule has 0 radical (unpaired) electrons. The standard InChI is InChI=1S/C25H21F3/c1-3-5-18-9-15-22(23(26)16-18)20-10-6-17(7-11-20)8-12-21-14-13-19(4-2)24(27)25(21)28/h6-7,9-11,13-16H,3-5H2,1-2H3. The predicted octanol–water partition coefficient (Wildman–Crippen LogP) is 6.69. The summed E-state index contributed by atoms with van der Waals surface area (Å²) < 4.78 is 42.3. The van der Waals surface area contributed by atoms with Gasteiger partial charge < -0.3 is 0 Å². The largest absolute Gasteiger partial charge is 0.206 e. The second kappa shape index (κ2) is 8.80. The summed E-state index contributed by atoms with van der Waals surface area (Å²) in [6, 6.07) is 15.4. The number of benzene rings is 3. The topological polar surface area (TPSA) is 0 Å². The molecule has 3 aromatic carbocycles. The first-order valence-electron chi connectivity index (χ1n) is 9.41. The molecule has 0 atom stereocenters. The van der Waals surface area contributed by atoms with E-state index in [-0.39, 0.29) is 11.4 Å². The molecule has 142 valence electrons. The highest BCUT2D eigenvalue weighted by atomic mass is 19.2. The average Bonchev–Trinajstić information content (AvgIpc) is 2.70. The van der Waals surface area contributed by atoms with E-state index >= 15 is 0 Å². The van der Waals surface area contributed by atoms with Crippen LogP contribution in [0.3, 0.4) is 0 Å². The minimum Gasteiger partial charge on any atom is -0.206 e. The molecule has 0 aliphatic heterocycles. The van der Waals surface area contributed by atoms with Gasteiger partial charge in [-0.25, -0.2) is 13.2 Å². The quantitative estimate of drug-likeness (QED) is 0.444. The summed E-state index contributed by atoms with van der Waals surface area (Å²) in [7, 11) is 0. The number of halogens is 3. The smallest absolute Gasteiger partial charge is 0.174 e. The molecule has 0 amide bonds. The monoisotopic (exact) mass is 378 g/mol. The normalized spacial score (nSPS) is 10.5. The Hall–Kier alpha value is -2.99. The number of hydrogen-bond donors (Lipinski definition) is 0. The van der Waals surface area contributed by atoms with Crippen molar-refractivity contribution in [1.82, 2.24) is 0 Å². The minimum absolute atomic E-state index is 0.0244. The molecule has 3 heteroatoms. The molecule has 0 bridgehead atoms. The van der Waals surface area contributed by atoms with E-state index in [0.717, 1.165) is 24.0 Å². The molecule has 0 nitrogen and oxygen atoms in total. The van der Waals surface area contributed by atoms with Crippen LogP contribution in [-0.4, -0.2) is 0 Å². The van der Waals surface area contributed by atoms with Gasteiger partial charge in [-0.2, -0.15) is 0 Å². The molecule has 3 rings (SSSR count). The SMILES string of the molecule is CCCc1ccc(-c2ccc(C#Cc3ccc(CC)c(F)c3F)cc2)c(F)c1. The van der Waals surface area contributed by atoms with Gasteiger partial charge in [0.1, 0.15) is 5.82 Å². The van der Waals surface area contributed by atoms with Gasteiger partial charge in [-0.05, 0) is 53.8 Å². The highest BCUT2D eigenvalue weighted by Gasteiger charge is 2.10. The highest BCUT2D eigenvalue weighted by molar-refractivity contribution is 5.65. The van der Waals surface area contributed by atoms with E-state index in [2.05, 4.69) is 18.8 Å². The maximum absolute atomic E-state index is 14.4. The Morgan fingerprint density at radius 3 is 2.18 bits per heavy atom. The van der Waals surface area contributed by atoms with E-state index in [1.54, 1.807) is 49.4 Å². The summed E-state index contributed by atoms with van der Waals surface area (Å²) in [5.41, 5.74) is 3.26. The fraction of sp³-hybridized carbons (Fsp3) is 0.200. The van der Waals surface area contributed by atoms with Crippen LogP contribution in [0.5, 0.6) is 0 Å². The van der Waals surface area contributed by atoms with Crippen molar-refractivity contribution in [2.45, 2.75) is 33.1 Å². The van der Waals surface area contributed by atoms with E-state index in [1.165, 1.54) is 6.07 Å². The Balaban J connectivity index is 1.83. The lowest BCUT2D eigenvalue weighted by Crippen LogP contribution is -1.96. The van der Waals surface area contributed by atoms with E-state index < -0.39 is 11.6 Å². The van der Waals surface area contributed by atoms with Crippen LogP contribution in [0.15, 0.2) is 54.6 Å². The zero-order valence-electron chi connectivity index (χ0n) is 16.0. The molecular weight excluding hydrogens is 357 g/mol. The Morgan fingerprint density at radius 2 is 1.54 bits per heavy atom. The average molecular weight is 378 g/mol. The predicted molar refractivity (Wildman–Crippen MR) is 108 cm³/mol. The van der Waals surface area contributed by atoms with Gasteiger partial charge in [0.15, 0.2) is 11.6 Å². The van der Waals surface area contributed by atoms with Crippen LogP contribution < -0.4 is 0 Å². The van der Waals surface area contributed by atoms with Crippen molar-refractivity contribution >= 4 is 0 Å². The molecule has 0 aliphatic rings. The summed E-state index contributed by atoms with van der Waals surface area (Å²) in [6.45, 7) is 3.83. The van der Waals surface area contributed by atoms with E-state index in [9.17, 15) is 13.2 Å². The number of aryl methyl sites for hydroxylation is 2. The van der Waals surface area contributed by atoms with Crippen LogP contribution in [0.2, 0.25) is 0 Å². The molecule has 0 fully saturated rings. The second-order valence-corrected chi connectivity index (χ2v) is 6.65. The van der Waals surface area contributed by atoms with E-state index in [0.29, 0.717) is 23.1 Å². The van der Waals surface area contributed by atoms with Crippen molar-refractivity contribution in [3.63, 3.8) is 0 Å². The van der Waals surface area contributed by atoms with Gasteiger partial charge in [0, 0.05) is 11.1 Å². The van der Waals surface area contributed by atoms with Crippen molar-refractivity contribution in [2.75, 3.05) is 0 Å². The maximum atomic E-state index is 14.4. The zero-order chi connectivity index (χ0) is 20.1. The second-order valence-electron chi connectivity index (χ2n) is 6.65. The third-order valence-corrected chi connectivity index (χ3v) is 4.65. The first-order valence-corrected chi connectivity index (χ1v) is 9.41. The molecule has 0 saturated carbocycles. The Bertz CT molecular complexity index is 1040. The number of hydrogen-bond acceptors (Lipinski definition) is 0. The summed E-state index contributed by atoms with van der Waals surface area (Å²) in [5.74, 6) is 3.50. The first kappa shape index (κ1) is 19.8. The van der Waals surface area contributed by atoms with Crippen LogP contribution in [0.25, 0.3) is 11.1 Å². The Labute approximate surface area is 164 Å². The van der Waals surface area contributed by atoms with Gasteiger partial charge >= 0.3 is 0 Å². The lowest BCUT2D eigenvalue weighted by molar-refractivity contribution is 0.498. The Morgan fingerprint density at radius 1 is 0.786 bits per heavy atom. The molecule has 0 N–H and O–H groups in total. The fourth-order valence-electron chi connectivity index (χ4n) is 3.07. The molecule has 0 aliphatic carbocycles. The maximum Gasteiger partial charge on any atom is 0.174 e. The van der Waals surface area contributed by atoms with E-state index in [4.69, 9.17) is 0 Å². The van der Waals surface area contributed by atoms with Crippen LogP contribution in [0, 0.1) is 29.3 Å². The summed E-state index contributed by atoms with van der Waals surface area (Å²) in [4.78, 5) is 0. The van der Waals surface area contributed by atoms with Gasteiger partial charge in [0.2, 0.25) is 0 Å². The summed E-state index contributed by atoms with van der Waals surface area (Å²) in [6.07, 6.45) is 2.24. The summed E-state index contributed by atoms with van der Waals surface area (Å²) >= 11 is 0. The van der Waals surface area contributed by atoms with Crippen molar-refractivity contribution < 1.29 is 13.2 Å². The molecule has 0 aromatic heterocycles. The zero-order valence-corrected chi connectivity index (χ0v) is 16.0. The Kier molecular flexibility index (Phi) is 6.21. The van der Waals surface area contributed by atoms with Gasteiger partial charge in [0.05, 0.1) is 5.56 Å². The first-order chi connectivity index (χ1) is 13.5. The third-order valence-electron chi connectivity index (χ3n) is 4.65. The van der Waals surface area contributed by atoms with Crippen LogP contribution in [0.4, 0.5) is 13.2 Å². The van der Waals surface area contributed by atoms with Crippen LogP contribution in [0.1, 0.15) is 42.5 Å². The van der Waals surface area contributed by atoms with Gasteiger partial charge in [-0.15, -0.1) is 0 Å². The molecule has 3 aromatic rings. The third kappa shape index (κ3) is 4.28. The molecule has 0 saturated heterocycles. The van der Waals surface area contributed by atoms with Crippen LogP contribution >= 0.6 is 0 Å². The highest BCUT2D eigenvalue weighted by Crippen LogP contribution is 2.24. The lowest BCUT2D eigenvalue weighted by Gasteiger charge is -2.06.